The van der Waals surface area contributed by atoms with Gasteiger partial charge in [-0.2, -0.15) is 0 Å². The third-order valence-corrected chi connectivity index (χ3v) is 4.59. The van der Waals surface area contributed by atoms with Crippen molar-refractivity contribution in [3.8, 4) is 0 Å². The molecular formula is C20H28N2O4. The molecule has 6 nitrogen and oxygen atoms in total. The highest BCUT2D eigenvalue weighted by Crippen LogP contribution is 2.22. The van der Waals surface area contributed by atoms with Crippen LogP contribution in [0, 0.1) is 20.8 Å². The van der Waals surface area contributed by atoms with E-state index in [9.17, 15) is 14.4 Å². The Morgan fingerprint density at radius 2 is 1.81 bits per heavy atom. The van der Waals surface area contributed by atoms with Crippen LogP contribution in [0.1, 0.15) is 49.3 Å². The van der Waals surface area contributed by atoms with Crippen LogP contribution in [0.4, 0.5) is 5.69 Å². The minimum Gasteiger partial charge on any atom is -0.451 e. The maximum Gasteiger partial charge on any atom is 0.326 e. The number of hydrogen-bond acceptors (Lipinski definition) is 4. The van der Waals surface area contributed by atoms with Gasteiger partial charge in [-0.15, -0.1) is 0 Å². The molecule has 2 amide bonds. The second kappa shape index (κ2) is 8.83. The lowest BCUT2D eigenvalue weighted by Gasteiger charge is -2.21. The summed E-state index contributed by atoms with van der Waals surface area (Å²) >= 11 is 0. The van der Waals surface area contributed by atoms with Crippen LogP contribution in [0.25, 0.3) is 0 Å². The van der Waals surface area contributed by atoms with E-state index in [4.69, 9.17) is 4.74 Å². The number of nitrogens with one attached hydrogen (secondary N) is 1. The van der Waals surface area contributed by atoms with Crippen molar-refractivity contribution in [3.05, 3.63) is 28.8 Å². The highest BCUT2D eigenvalue weighted by Gasteiger charge is 2.23. The third kappa shape index (κ3) is 5.31. The molecule has 1 heterocycles. The van der Waals surface area contributed by atoms with Crippen molar-refractivity contribution in [2.45, 2.75) is 59.5 Å². The summed E-state index contributed by atoms with van der Waals surface area (Å²) in [5, 5.41) is 2.84. The molecule has 1 aliphatic rings. The molecule has 1 atom stereocenters. The van der Waals surface area contributed by atoms with Gasteiger partial charge in [-0.1, -0.05) is 24.1 Å². The van der Waals surface area contributed by atoms with Crippen molar-refractivity contribution in [2.24, 2.45) is 0 Å². The molecule has 0 aliphatic carbocycles. The fourth-order valence-corrected chi connectivity index (χ4v) is 3.25. The molecule has 0 aromatic heterocycles. The summed E-state index contributed by atoms with van der Waals surface area (Å²) in [5.41, 5.74) is 3.79. The molecule has 1 fully saturated rings. The number of anilines is 1. The van der Waals surface area contributed by atoms with Crippen LogP contribution in [0.5, 0.6) is 0 Å². The van der Waals surface area contributed by atoms with Crippen molar-refractivity contribution < 1.29 is 19.1 Å². The normalized spacial score (nSPS) is 16.0. The summed E-state index contributed by atoms with van der Waals surface area (Å²) < 4.78 is 5.23. The molecule has 0 bridgehead atoms. The summed E-state index contributed by atoms with van der Waals surface area (Å²) in [5.74, 6) is -0.960. The van der Waals surface area contributed by atoms with Gasteiger partial charge in [0.1, 0.15) is 6.54 Å². The Morgan fingerprint density at radius 1 is 1.15 bits per heavy atom. The van der Waals surface area contributed by atoms with E-state index in [1.807, 2.05) is 32.9 Å². The average Bonchev–Trinajstić information content (AvgIpc) is 2.75. The van der Waals surface area contributed by atoms with Gasteiger partial charge in [0.05, 0.1) is 0 Å². The number of likely N-dealkylation sites (tertiary alicyclic amines) is 1. The Kier molecular flexibility index (Phi) is 6.77. The van der Waals surface area contributed by atoms with E-state index in [2.05, 4.69) is 5.32 Å². The standard InChI is InChI=1S/C20H28N2O4/c1-13-10-14(2)19(15(3)11-13)21-20(25)16(4)26-18(24)12-22-9-7-5-6-8-17(22)23/h10-11,16H,5-9,12H2,1-4H3,(H,21,25). The number of esters is 1. The van der Waals surface area contributed by atoms with Crippen molar-refractivity contribution >= 4 is 23.5 Å². The number of benzene rings is 1. The van der Waals surface area contributed by atoms with E-state index in [0.717, 1.165) is 41.6 Å². The van der Waals surface area contributed by atoms with Gasteiger partial charge in [0.25, 0.3) is 5.91 Å². The van der Waals surface area contributed by atoms with Crippen LogP contribution in [0.2, 0.25) is 0 Å². The van der Waals surface area contributed by atoms with Gasteiger partial charge in [-0.05, 0) is 51.7 Å². The number of nitrogens with zero attached hydrogens (tertiary/aromatic N) is 1. The Morgan fingerprint density at radius 3 is 2.46 bits per heavy atom. The molecule has 1 saturated heterocycles. The van der Waals surface area contributed by atoms with Crippen molar-refractivity contribution in [3.63, 3.8) is 0 Å². The Labute approximate surface area is 154 Å². The van der Waals surface area contributed by atoms with Crippen LogP contribution in [-0.4, -0.2) is 41.9 Å². The van der Waals surface area contributed by atoms with E-state index in [1.165, 1.54) is 11.8 Å². The molecule has 6 heteroatoms. The van der Waals surface area contributed by atoms with E-state index >= 15 is 0 Å². The van der Waals surface area contributed by atoms with Gasteiger partial charge in [0.2, 0.25) is 5.91 Å². The zero-order chi connectivity index (χ0) is 19.3. The molecule has 0 spiro atoms. The van der Waals surface area contributed by atoms with Crippen molar-refractivity contribution in [2.75, 3.05) is 18.4 Å². The lowest BCUT2D eigenvalue weighted by atomic mass is 10.0. The first kappa shape index (κ1) is 19.9. The van der Waals surface area contributed by atoms with E-state index < -0.39 is 12.1 Å². The fourth-order valence-electron chi connectivity index (χ4n) is 3.25. The molecular weight excluding hydrogens is 332 g/mol. The van der Waals surface area contributed by atoms with Gasteiger partial charge in [-0.25, -0.2) is 0 Å². The lowest BCUT2D eigenvalue weighted by molar-refractivity contribution is -0.156. The second-order valence-corrected chi connectivity index (χ2v) is 7.02. The Bertz CT molecular complexity index is 676. The van der Waals surface area contributed by atoms with Crippen LogP contribution in [0.3, 0.4) is 0 Å². The van der Waals surface area contributed by atoms with Crippen LogP contribution >= 0.6 is 0 Å². The predicted molar refractivity (Wildman–Crippen MR) is 99.9 cm³/mol. The number of ether oxygens (including phenoxy) is 1. The summed E-state index contributed by atoms with van der Waals surface area (Å²) in [7, 11) is 0. The van der Waals surface area contributed by atoms with E-state index in [0.29, 0.717) is 13.0 Å². The summed E-state index contributed by atoms with van der Waals surface area (Å²) in [6.07, 6.45) is 2.28. The first-order valence-electron chi connectivity index (χ1n) is 9.14. The minimum atomic E-state index is -0.926. The van der Waals surface area contributed by atoms with Crippen LogP contribution in [-0.2, 0) is 19.1 Å². The fraction of sp³-hybridized carbons (Fsp3) is 0.550. The smallest absolute Gasteiger partial charge is 0.326 e. The van der Waals surface area contributed by atoms with Crippen LogP contribution in [0.15, 0.2) is 12.1 Å². The molecule has 0 radical (unpaired) electrons. The number of amides is 2. The summed E-state index contributed by atoms with van der Waals surface area (Å²) in [4.78, 5) is 38.0. The average molecular weight is 360 g/mol. The second-order valence-electron chi connectivity index (χ2n) is 7.02. The highest BCUT2D eigenvalue weighted by atomic mass is 16.5. The Balaban J connectivity index is 1.92. The highest BCUT2D eigenvalue weighted by molar-refractivity contribution is 5.96. The first-order chi connectivity index (χ1) is 12.3. The SMILES string of the molecule is Cc1cc(C)c(NC(=O)C(C)OC(=O)CN2CCCCCC2=O)c(C)c1. The number of aryl methyl sites for hydroxylation is 3. The molecule has 26 heavy (non-hydrogen) atoms. The number of carbonyl (C=O) groups excluding carboxylic acids is 3. The molecule has 2 rings (SSSR count). The monoisotopic (exact) mass is 360 g/mol. The Hall–Kier alpha value is -2.37. The first-order valence-corrected chi connectivity index (χ1v) is 9.14. The molecule has 1 aromatic carbocycles. The molecule has 1 N–H and O–H groups in total. The zero-order valence-electron chi connectivity index (χ0n) is 16.1. The van der Waals surface area contributed by atoms with E-state index in [-0.39, 0.29) is 18.4 Å². The van der Waals surface area contributed by atoms with Crippen molar-refractivity contribution in [1.82, 2.24) is 4.90 Å². The van der Waals surface area contributed by atoms with Gasteiger partial charge in [-0.3, -0.25) is 14.4 Å². The summed E-state index contributed by atoms with van der Waals surface area (Å²) in [6.45, 7) is 7.86. The third-order valence-electron chi connectivity index (χ3n) is 4.59. The maximum absolute atomic E-state index is 12.4. The minimum absolute atomic E-state index is 0.0255. The van der Waals surface area contributed by atoms with Gasteiger partial charge < -0.3 is 15.0 Å². The molecule has 0 saturated carbocycles. The van der Waals surface area contributed by atoms with Gasteiger partial charge >= 0.3 is 5.97 Å². The molecule has 1 aromatic rings. The maximum atomic E-state index is 12.4. The van der Waals surface area contributed by atoms with Gasteiger partial charge in [0, 0.05) is 18.7 Å². The number of carbonyl (C=O) groups is 3. The zero-order valence-corrected chi connectivity index (χ0v) is 16.1. The predicted octanol–water partition coefficient (Wildman–Crippen LogP) is 2.88. The quantitative estimate of drug-likeness (QED) is 0.819. The lowest BCUT2D eigenvalue weighted by Crippen LogP contribution is -2.39. The number of hydrogen-bond donors (Lipinski definition) is 1. The van der Waals surface area contributed by atoms with Crippen molar-refractivity contribution in [1.29, 1.82) is 0 Å². The molecule has 1 aliphatic heterocycles. The molecule has 142 valence electrons. The summed E-state index contributed by atoms with van der Waals surface area (Å²) in [6, 6.07) is 3.98. The number of rotatable bonds is 5. The van der Waals surface area contributed by atoms with E-state index in [1.54, 1.807) is 0 Å². The van der Waals surface area contributed by atoms with Crippen LogP contribution < -0.4 is 5.32 Å². The topological polar surface area (TPSA) is 75.7 Å². The molecule has 1 unspecified atom stereocenters. The largest absolute Gasteiger partial charge is 0.451 e. The van der Waals surface area contributed by atoms with Gasteiger partial charge in [0.15, 0.2) is 6.10 Å².